The molecule has 0 unspecified atom stereocenters. The maximum Gasteiger partial charge on any atom is 0.263 e. The van der Waals surface area contributed by atoms with Crippen molar-refractivity contribution >= 4 is 33.2 Å². The maximum atomic E-state index is 11.8. The van der Waals surface area contributed by atoms with E-state index in [9.17, 15) is 4.79 Å². The van der Waals surface area contributed by atoms with Crippen LogP contribution >= 0.6 is 27.3 Å². The second-order valence-electron chi connectivity index (χ2n) is 4.43. The molecule has 0 bridgehead atoms. The standard InChI is InChI=1S/C10H12BrNOS/c1-10(2)5-12(6-10)9(13)7-3-4-8(11)14-7/h3-4H,5-6H2,1-2H3. The molecule has 76 valence electrons. The van der Waals surface area contributed by atoms with Gasteiger partial charge >= 0.3 is 0 Å². The molecule has 2 rings (SSSR count). The molecule has 0 saturated carbocycles. The molecule has 1 aromatic heterocycles. The minimum Gasteiger partial charge on any atom is -0.337 e. The quantitative estimate of drug-likeness (QED) is 0.771. The zero-order valence-corrected chi connectivity index (χ0v) is 10.6. The fourth-order valence-electron chi connectivity index (χ4n) is 1.72. The summed E-state index contributed by atoms with van der Waals surface area (Å²) in [5, 5.41) is 0. The van der Waals surface area contributed by atoms with Crippen molar-refractivity contribution in [3.05, 3.63) is 20.8 Å². The van der Waals surface area contributed by atoms with Crippen molar-refractivity contribution in [1.82, 2.24) is 4.90 Å². The molecule has 0 radical (unpaired) electrons. The number of amides is 1. The Hall–Kier alpha value is -0.350. The first kappa shape index (κ1) is 10.2. The predicted molar refractivity (Wildman–Crippen MR) is 61.7 cm³/mol. The number of hydrogen-bond donors (Lipinski definition) is 0. The summed E-state index contributed by atoms with van der Waals surface area (Å²) in [5.74, 6) is 0.167. The van der Waals surface area contributed by atoms with Crippen molar-refractivity contribution in [2.45, 2.75) is 13.8 Å². The third kappa shape index (κ3) is 1.86. The lowest BCUT2D eigenvalue weighted by molar-refractivity contribution is 0.0240. The molecule has 1 aliphatic heterocycles. The van der Waals surface area contributed by atoms with Crippen LogP contribution in [0.25, 0.3) is 0 Å². The highest BCUT2D eigenvalue weighted by molar-refractivity contribution is 9.11. The summed E-state index contributed by atoms with van der Waals surface area (Å²) in [4.78, 5) is 14.6. The fraction of sp³-hybridized carbons (Fsp3) is 0.500. The third-order valence-electron chi connectivity index (χ3n) is 2.31. The minimum absolute atomic E-state index is 0.167. The van der Waals surface area contributed by atoms with Crippen LogP contribution in [0.1, 0.15) is 23.5 Å². The van der Waals surface area contributed by atoms with Gasteiger partial charge in [0.1, 0.15) is 0 Å². The van der Waals surface area contributed by atoms with Crippen LogP contribution in [0, 0.1) is 5.41 Å². The first-order valence-corrected chi connectivity index (χ1v) is 6.13. The molecule has 14 heavy (non-hydrogen) atoms. The van der Waals surface area contributed by atoms with Crippen LogP contribution in [-0.4, -0.2) is 23.9 Å². The number of thiophene rings is 1. The van der Waals surface area contributed by atoms with E-state index in [0.29, 0.717) is 5.41 Å². The Morgan fingerprint density at radius 2 is 2.14 bits per heavy atom. The molecule has 0 spiro atoms. The van der Waals surface area contributed by atoms with E-state index in [1.807, 2.05) is 17.0 Å². The first-order chi connectivity index (χ1) is 6.48. The van der Waals surface area contributed by atoms with Crippen LogP contribution in [0.3, 0.4) is 0 Å². The molecule has 0 aliphatic carbocycles. The summed E-state index contributed by atoms with van der Waals surface area (Å²) in [7, 11) is 0. The topological polar surface area (TPSA) is 20.3 Å². The smallest absolute Gasteiger partial charge is 0.263 e. The second kappa shape index (κ2) is 3.35. The maximum absolute atomic E-state index is 11.8. The lowest BCUT2D eigenvalue weighted by Crippen LogP contribution is -2.55. The van der Waals surface area contributed by atoms with E-state index in [4.69, 9.17) is 0 Å². The molecular weight excluding hydrogens is 262 g/mol. The van der Waals surface area contributed by atoms with Gasteiger partial charge in [0.2, 0.25) is 0 Å². The monoisotopic (exact) mass is 273 g/mol. The number of likely N-dealkylation sites (tertiary alicyclic amines) is 1. The summed E-state index contributed by atoms with van der Waals surface area (Å²) >= 11 is 4.86. The molecule has 4 heteroatoms. The van der Waals surface area contributed by atoms with Crippen molar-refractivity contribution in [3.63, 3.8) is 0 Å². The highest BCUT2D eigenvalue weighted by atomic mass is 79.9. The number of rotatable bonds is 1. The number of nitrogens with zero attached hydrogens (tertiary/aromatic N) is 1. The summed E-state index contributed by atoms with van der Waals surface area (Å²) in [5.41, 5.74) is 0.310. The molecule has 1 amide bonds. The van der Waals surface area contributed by atoms with Crippen LogP contribution in [0.4, 0.5) is 0 Å². The normalized spacial score (nSPS) is 19.2. The molecule has 0 N–H and O–H groups in total. The van der Waals surface area contributed by atoms with Gasteiger partial charge in [-0.2, -0.15) is 0 Å². The zero-order chi connectivity index (χ0) is 10.3. The third-order valence-corrected chi connectivity index (χ3v) is 3.92. The summed E-state index contributed by atoms with van der Waals surface area (Å²) < 4.78 is 1.01. The van der Waals surface area contributed by atoms with Crippen LogP contribution in [0.2, 0.25) is 0 Å². The Balaban J connectivity index is 2.04. The van der Waals surface area contributed by atoms with Crippen molar-refractivity contribution in [2.24, 2.45) is 5.41 Å². The van der Waals surface area contributed by atoms with Crippen LogP contribution in [-0.2, 0) is 0 Å². The molecule has 2 nitrogen and oxygen atoms in total. The number of hydrogen-bond acceptors (Lipinski definition) is 2. The van der Waals surface area contributed by atoms with E-state index in [1.54, 1.807) is 0 Å². The van der Waals surface area contributed by atoms with Gasteiger partial charge in [-0.25, -0.2) is 0 Å². The van der Waals surface area contributed by atoms with E-state index in [1.165, 1.54) is 11.3 Å². The summed E-state index contributed by atoms with van der Waals surface area (Å²) in [6.45, 7) is 6.12. The van der Waals surface area contributed by atoms with Crippen LogP contribution in [0.15, 0.2) is 15.9 Å². The van der Waals surface area contributed by atoms with Gasteiger partial charge in [-0.3, -0.25) is 4.79 Å². The van der Waals surface area contributed by atoms with E-state index in [0.717, 1.165) is 21.8 Å². The highest BCUT2D eigenvalue weighted by Gasteiger charge is 2.37. The van der Waals surface area contributed by atoms with Gasteiger partial charge in [0.05, 0.1) is 8.66 Å². The van der Waals surface area contributed by atoms with Gasteiger partial charge in [0, 0.05) is 13.1 Å². The van der Waals surface area contributed by atoms with Gasteiger partial charge in [-0.1, -0.05) is 13.8 Å². The largest absolute Gasteiger partial charge is 0.337 e. The van der Waals surface area contributed by atoms with Gasteiger partial charge in [0.15, 0.2) is 0 Å². The Morgan fingerprint density at radius 3 is 2.57 bits per heavy atom. The Kier molecular flexibility index (Phi) is 2.43. The zero-order valence-electron chi connectivity index (χ0n) is 8.21. The van der Waals surface area contributed by atoms with Crippen molar-refractivity contribution in [1.29, 1.82) is 0 Å². The molecule has 1 aliphatic rings. The molecule has 2 heterocycles. The molecule has 1 fully saturated rings. The van der Waals surface area contributed by atoms with Crippen LogP contribution in [0.5, 0.6) is 0 Å². The lowest BCUT2D eigenvalue weighted by Gasteiger charge is -2.45. The van der Waals surface area contributed by atoms with Gasteiger partial charge < -0.3 is 4.90 Å². The molecule has 1 saturated heterocycles. The molecule has 1 aromatic rings. The Bertz CT molecular complexity index is 364. The molecular formula is C10H12BrNOS. The second-order valence-corrected chi connectivity index (χ2v) is 6.89. The number of carbonyl (C=O) groups is 1. The lowest BCUT2D eigenvalue weighted by atomic mass is 9.84. The fourth-order valence-corrected chi connectivity index (χ4v) is 3.07. The summed E-state index contributed by atoms with van der Waals surface area (Å²) in [6, 6.07) is 3.80. The minimum atomic E-state index is 0.167. The summed E-state index contributed by atoms with van der Waals surface area (Å²) in [6.07, 6.45) is 0. The van der Waals surface area contributed by atoms with E-state index in [2.05, 4.69) is 29.8 Å². The van der Waals surface area contributed by atoms with Gasteiger partial charge in [-0.15, -0.1) is 11.3 Å². The highest BCUT2D eigenvalue weighted by Crippen LogP contribution is 2.32. The van der Waals surface area contributed by atoms with Gasteiger partial charge in [0.25, 0.3) is 5.91 Å². The van der Waals surface area contributed by atoms with E-state index >= 15 is 0 Å². The Morgan fingerprint density at radius 1 is 1.50 bits per heavy atom. The van der Waals surface area contributed by atoms with Crippen molar-refractivity contribution < 1.29 is 4.79 Å². The SMILES string of the molecule is CC1(C)CN(C(=O)c2ccc(Br)s2)C1. The first-order valence-electron chi connectivity index (χ1n) is 4.53. The Labute approximate surface area is 96.0 Å². The average Bonchev–Trinajstić information content (AvgIpc) is 2.46. The van der Waals surface area contributed by atoms with E-state index in [-0.39, 0.29) is 5.91 Å². The number of carbonyl (C=O) groups excluding carboxylic acids is 1. The number of halogens is 1. The predicted octanol–water partition coefficient (Wildman–Crippen LogP) is 2.99. The van der Waals surface area contributed by atoms with Crippen molar-refractivity contribution in [2.75, 3.05) is 13.1 Å². The van der Waals surface area contributed by atoms with Gasteiger partial charge in [-0.05, 0) is 33.5 Å². The average molecular weight is 274 g/mol. The van der Waals surface area contributed by atoms with Crippen molar-refractivity contribution in [3.8, 4) is 0 Å². The van der Waals surface area contributed by atoms with Crippen LogP contribution < -0.4 is 0 Å². The molecule has 0 atom stereocenters. The molecule has 0 aromatic carbocycles. The van der Waals surface area contributed by atoms with E-state index < -0.39 is 0 Å².